The van der Waals surface area contributed by atoms with Crippen molar-refractivity contribution >= 4 is 11.6 Å². The van der Waals surface area contributed by atoms with E-state index in [4.69, 9.17) is 4.74 Å². The van der Waals surface area contributed by atoms with E-state index in [2.05, 4.69) is 15.5 Å². The molecule has 2 N–H and O–H groups in total. The maximum Gasteiger partial charge on any atom is 0.241 e. The smallest absolute Gasteiger partial charge is 0.241 e. The van der Waals surface area contributed by atoms with E-state index < -0.39 is 0 Å². The number of benzene rings is 1. The van der Waals surface area contributed by atoms with Crippen LogP contribution < -0.4 is 10.6 Å². The van der Waals surface area contributed by atoms with E-state index in [0.29, 0.717) is 5.69 Å². The van der Waals surface area contributed by atoms with Crippen LogP contribution in [0.5, 0.6) is 0 Å². The number of hydrogen-bond acceptors (Lipinski definition) is 4. The molecule has 1 aromatic rings. The van der Waals surface area contributed by atoms with Crippen molar-refractivity contribution in [2.24, 2.45) is 0 Å². The Bertz CT molecular complexity index is 581. The molecular weight excluding hydrogens is 333 g/mol. The SMILES string of the molecule is CC(NCC1(N2CCOCC2)CCCCC1)C(=O)Nc1ccc(F)cc1. The number of rotatable bonds is 6. The van der Waals surface area contributed by atoms with Gasteiger partial charge >= 0.3 is 0 Å². The average molecular weight is 363 g/mol. The second-order valence-corrected chi connectivity index (χ2v) is 7.48. The first-order valence-electron chi connectivity index (χ1n) is 9.72. The van der Waals surface area contributed by atoms with E-state index >= 15 is 0 Å². The molecule has 0 radical (unpaired) electrons. The van der Waals surface area contributed by atoms with Gasteiger partial charge < -0.3 is 15.4 Å². The van der Waals surface area contributed by atoms with Gasteiger partial charge in [0, 0.05) is 30.9 Å². The molecular formula is C20H30FN3O2. The van der Waals surface area contributed by atoms with Crippen molar-refractivity contribution < 1.29 is 13.9 Å². The van der Waals surface area contributed by atoms with Gasteiger partial charge in [0.05, 0.1) is 19.3 Å². The van der Waals surface area contributed by atoms with E-state index in [9.17, 15) is 9.18 Å². The van der Waals surface area contributed by atoms with Crippen molar-refractivity contribution in [2.75, 3.05) is 38.2 Å². The van der Waals surface area contributed by atoms with Gasteiger partial charge in [-0.3, -0.25) is 9.69 Å². The molecule has 1 saturated heterocycles. The average Bonchev–Trinajstić information content (AvgIpc) is 2.69. The van der Waals surface area contributed by atoms with Gasteiger partial charge in [-0.25, -0.2) is 4.39 Å². The molecule has 1 aliphatic heterocycles. The van der Waals surface area contributed by atoms with Crippen molar-refractivity contribution in [3.8, 4) is 0 Å². The zero-order valence-corrected chi connectivity index (χ0v) is 15.6. The lowest BCUT2D eigenvalue weighted by Gasteiger charge is -2.48. The molecule has 1 aliphatic carbocycles. The second-order valence-electron chi connectivity index (χ2n) is 7.48. The monoisotopic (exact) mass is 363 g/mol. The molecule has 6 heteroatoms. The molecule has 5 nitrogen and oxygen atoms in total. The molecule has 0 bridgehead atoms. The zero-order chi connectivity index (χ0) is 18.4. The predicted molar refractivity (Wildman–Crippen MR) is 101 cm³/mol. The van der Waals surface area contributed by atoms with Gasteiger partial charge in [-0.2, -0.15) is 0 Å². The van der Waals surface area contributed by atoms with Crippen LogP contribution >= 0.6 is 0 Å². The molecule has 1 unspecified atom stereocenters. The minimum absolute atomic E-state index is 0.0930. The third kappa shape index (κ3) is 4.81. The highest BCUT2D eigenvalue weighted by molar-refractivity contribution is 5.94. The van der Waals surface area contributed by atoms with Crippen LogP contribution in [0.3, 0.4) is 0 Å². The van der Waals surface area contributed by atoms with Crippen LogP contribution in [0.4, 0.5) is 10.1 Å². The molecule has 2 fully saturated rings. The fraction of sp³-hybridized carbons (Fsp3) is 0.650. The van der Waals surface area contributed by atoms with Crippen LogP contribution in [-0.4, -0.2) is 55.2 Å². The third-order valence-electron chi connectivity index (χ3n) is 5.71. The summed E-state index contributed by atoms with van der Waals surface area (Å²) in [6.45, 7) is 6.22. The molecule has 3 rings (SSSR count). The Labute approximate surface area is 155 Å². The molecule has 1 amide bonds. The van der Waals surface area contributed by atoms with E-state index in [1.54, 1.807) is 12.1 Å². The van der Waals surface area contributed by atoms with Gasteiger partial charge in [0.1, 0.15) is 5.82 Å². The Balaban J connectivity index is 1.57. The van der Waals surface area contributed by atoms with Crippen LogP contribution in [0.25, 0.3) is 0 Å². The zero-order valence-electron chi connectivity index (χ0n) is 15.6. The highest BCUT2D eigenvalue weighted by atomic mass is 19.1. The normalized spacial score (nSPS) is 21.9. The van der Waals surface area contributed by atoms with Crippen molar-refractivity contribution in [1.29, 1.82) is 0 Å². The predicted octanol–water partition coefficient (Wildman–Crippen LogP) is 2.78. The fourth-order valence-electron chi connectivity index (χ4n) is 4.07. The lowest BCUT2D eigenvalue weighted by molar-refractivity contribution is -0.118. The summed E-state index contributed by atoms with van der Waals surface area (Å²) in [7, 11) is 0. The first kappa shape index (κ1) is 19.3. The molecule has 0 spiro atoms. The number of carbonyl (C=O) groups excluding carboxylic acids is 1. The fourth-order valence-corrected chi connectivity index (χ4v) is 4.07. The maximum absolute atomic E-state index is 13.0. The summed E-state index contributed by atoms with van der Waals surface area (Å²) >= 11 is 0. The number of morpholine rings is 1. The number of carbonyl (C=O) groups is 1. The summed E-state index contributed by atoms with van der Waals surface area (Å²) in [5, 5.41) is 6.30. The van der Waals surface area contributed by atoms with Gasteiger partial charge in [0.25, 0.3) is 0 Å². The number of ether oxygens (including phenoxy) is 1. The van der Waals surface area contributed by atoms with E-state index in [-0.39, 0.29) is 23.3 Å². The second kappa shape index (κ2) is 8.93. The van der Waals surface area contributed by atoms with E-state index in [0.717, 1.165) is 32.8 Å². The third-order valence-corrected chi connectivity index (χ3v) is 5.71. The maximum atomic E-state index is 13.0. The number of anilines is 1. The highest BCUT2D eigenvalue weighted by Crippen LogP contribution is 2.34. The van der Waals surface area contributed by atoms with Crippen LogP contribution in [0.1, 0.15) is 39.0 Å². The molecule has 1 saturated carbocycles. The van der Waals surface area contributed by atoms with Crippen molar-refractivity contribution in [3.05, 3.63) is 30.1 Å². The summed E-state index contributed by atoms with van der Waals surface area (Å²) in [4.78, 5) is 15.0. The van der Waals surface area contributed by atoms with Crippen LogP contribution in [-0.2, 0) is 9.53 Å². The van der Waals surface area contributed by atoms with Crippen molar-refractivity contribution in [1.82, 2.24) is 10.2 Å². The summed E-state index contributed by atoms with van der Waals surface area (Å²) in [6, 6.07) is 5.55. The largest absolute Gasteiger partial charge is 0.379 e. The molecule has 26 heavy (non-hydrogen) atoms. The Morgan fingerprint density at radius 3 is 2.50 bits per heavy atom. The van der Waals surface area contributed by atoms with Gasteiger partial charge in [-0.1, -0.05) is 19.3 Å². The number of nitrogens with one attached hydrogen (secondary N) is 2. The molecule has 144 valence electrons. The van der Waals surface area contributed by atoms with Gasteiger partial charge in [0.15, 0.2) is 0 Å². The Hall–Kier alpha value is -1.50. The van der Waals surface area contributed by atoms with Crippen LogP contribution in [0, 0.1) is 5.82 Å². The Morgan fingerprint density at radius 1 is 1.19 bits per heavy atom. The Morgan fingerprint density at radius 2 is 1.85 bits per heavy atom. The summed E-state index contributed by atoms with van der Waals surface area (Å²) in [5.74, 6) is -0.400. The summed E-state index contributed by atoms with van der Waals surface area (Å²) in [6.07, 6.45) is 6.13. The van der Waals surface area contributed by atoms with Crippen molar-refractivity contribution in [2.45, 2.75) is 50.6 Å². The standard InChI is InChI=1S/C20H30FN3O2/c1-16(19(25)23-18-7-5-17(21)6-8-18)22-15-20(9-3-2-4-10-20)24-11-13-26-14-12-24/h5-8,16,22H,2-4,9-15H2,1H3,(H,23,25). The van der Waals surface area contributed by atoms with Gasteiger partial charge in [-0.05, 0) is 44.0 Å². The van der Waals surface area contributed by atoms with Gasteiger partial charge in [-0.15, -0.1) is 0 Å². The Kier molecular flexibility index (Phi) is 6.62. The number of nitrogens with zero attached hydrogens (tertiary/aromatic N) is 1. The highest BCUT2D eigenvalue weighted by Gasteiger charge is 2.38. The number of amides is 1. The first-order valence-corrected chi connectivity index (χ1v) is 9.72. The lowest BCUT2D eigenvalue weighted by atomic mass is 9.79. The summed E-state index contributed by atoms with van der Waals surface area (Å²) < 4.78 is 18.5. The van der Waals surface area contributed by atoms with Gasteiger partial charge in [0.2, 0.25) is 5.91 Å². The quantitative estimate of drug-likeness (QED) is 0.816. The number of halogens is 1. The van der Waals surface area contributed by atoms with E-state index in [1.807, 2.05) is 6.92 Å². The molecule has 2 aliphatic rings. The molecule has 0 aromatic heterocycles. The van der Waals surface area contributed by atoms with E-state index in [1.165, 1.54) is 44.2 Å². The first-order chi connectivity index (χ1) is 12.6. The molecule has 1 aromatic carbocycles. The minimum atomic E-state index is -0.307. The van der Waals surface area contributed by atoms with Crippen molar-refractivity contribution in [3.63, 3.8) is 0 Å². The van der Waals surface area contributed by atoms with Crippen LogP contribution in [0.15, 0.2) is 24.3 Å². The van der Waals surface area contributed by atoms with Crippen LogP contribution in [0.2, 0.25) is 0 Å². The summed E-state index contributed by atoms with van der Waals surface area (Å²) in [5.41, 5.74) is 0.748. The minimum Gasteiger partial charge on any atom is -0.379 e. The molecule has 1 atom stereocenters. The number of hydrogen-bond donors (Lipinski definition) is 2. The topological polar surface area (TPSA) is 53.6 Å². The molecule has 1 heterocycles. The lowest BCUT2D eigenvalue weighted by Crippen LogP contribution is -2.60.